The van der Waals surface area contributed by atoms with Gasteiger partial charge < -0.3 is 9.64 Å². The molecule has 0 bridgehead atoms. The highest BCUT2D eigenvalue weighted by molar-refractivity contribution is 7.89. The lowest BCUT2D eigenvalue weighted by Crippen LogP contribution is -2.40. The molecule has 0 spiro atoms. The number of thiophene rings is 1. The smallest absolute Gasteiger partial charge is 0.254 e. The van der Waals surface area contributed by atoms with Crippen LogP contribution in [0.3, 0.4) is 0 Å². The number of benzene rings is 2. The Kier molecular flexibility index (Phi) is 7.60. The van der Waals surface area contributed by atoms with E-state index in [1.165, 1.54) is 15.2 Å². The Balaban J connectivity index is 1.57. The van der Waals surface area contributed by atoms with Crippen LogP contribution in [-0.2, 0) is 27.7 Å². The maximum absolute atomic E-state index is 13.5. The van der Waals surface area contributed by atoms with E-state index < -0.39 is 10.0 Å². The number of carbonyl (C=O) groups excluding carboxylic acids is 1. The molecule has 1 aromatic heterocycles. The van der Waals surface area contributed by atoms with Gasteiger partial charge in [0.15, 0.2) is 0 Å². The predicted molar refractivity (Wildman–Crippen MR) is 130 cm³/mol. The molecule has 0 aliphatic carbocycles. The number of carbonyl (C=O) groups is 1. The minimum atomic E-state index is -3.67. The van der Waals surface area contributed by atoms with Gasteiger partial charge in [0, 0.05) is 35.0 Å². The van der Waals surface area contributed by atoms with Crippen LogP contribution >= 0.6 is 11.3 Å². The van der Waals surface area contributed by atoms with Crippen LogP contribution in [0.4, 0.5) is 0 Å². The van der Waals surface area contributed by atoms with Gasteiger partial charge in [-0.15, -0.1) is 11.3 Å². The van der Waals surface area contributed by atoms with Crippen LogP contribution in [0.1, 0.15) is 25.7 Å². The molecule has 174 valence electrons. The number of hydrogen-bond acceptors (Lipinski definition) is 5. The van der Waals surface area contributed by atoms with E-state index in [4.69, 9.17) is 4.74 Å². The van der Waals surface area contributed by atoms with Gasteiger partial charge in [-0.3, -0.25) is 4.79 Å². The largest absolute Gasteiger partial charge is 0.379 e. The van der Waals surface area contributed by atoms with Gasteiger partial charge in [0.05, 0.1) is 24.7 Å². The molecule has 33 heavy (non-hydrogen) atoms. The number of morpholine rings is 1. The van der Waals surface area contributed by atoms with Crippen molar-refractivity contribution < 1.29 is 17.9 Å². The van der Waals surface area contributed by atoms with Crippen molar-refractivity contribution in [1.82, 2.24) is 9.21 Å². The molecule has 8 heteroatoms. The maximum Gasteiger partial charge on any atom is 0.254 e. The van der Waals surface area contributed by atoms with Crippen molar-refractivity contribution in [3.63, 3.8) is 0 Å². The minimum Gasteiger partial charge on any atom is -0.379 e. The van der Waals surface area contributed by atoms with Crippen LogP contribution in [0.25, 0.3) is 0 Å². The van der Waals surface area contributed by atoms with Crippen LogP contribution in [0.2, 0.25) is 0 Å². The third-order valence-corrected chi connectivity index (χ3v) is 8.51. The molecule has 0 N–H and O–H groups in total. The van der Waals surface area contributed by atoms with Crippen LogP contribution in [0, 0.1) is 6.92 Å². The van der Waals surface area contributed by atoms with Crippen molar-refractivity contribution in [2.24, 2.45) is 0 Å². The average Bonchev–Trinajstić information content (AvgIpc) is 3.27. The van der Waals surface area contributed by atoms with E-state index in [0.29, 0.717) is 45.0 Å². The summed E-state index contributed by atoms with van der Waals surface area (Å²) in [4.78, 5) is 17.8. The molecule has 0 saturated carbocycles. The maximum atomic E-state index is 13.5. The van der Waals surface area contributed by atoms with E-state index in [1.807, 2.05) is 43.3 Å². The number of rotatable bonds is 8. The standard InChI is InChI=1S/C25H28N2O4S2/c1-20-10-11-23(32-20)19-26(13-12-21-6-3-2-4-7-21)25(28)22-8-5-9-24(18-22)33(29,30)27-14-16-31-17-15-27/h2-11,18H,12-17,19H2,1H3. The predicted octanol–water partition coefficient (Wildman–Crippen LogP) is 3.96. The van der Waals surface area contributed by atoms with E-state index >= 15 is 0 Å². The Morgan fingerprint density at radius 2 is 1.79 bits per heavy atom. The fraction of sp³-hybridized carbons (Fsp3) is 0.320. The van der Waals surface area contributed by atoms with Gasteiger partial charge in [-0.1, -0.05) is 36.4 Å². The zero-order chi connectivity index (χ0) is 23.3. The van der Waals surface area contributed by atoms with Crippen LogP contribution in [-0.4, -0.2) is 56.4 Å². The third-order valence-electron chi connectivity index (χ3n) is 5.63. The normalized spacial score (nSPS) is 14.8. The van der Waals surface area contributed by atoms with Gasteiger partial charge in [-0.25, -0.2) is 8.42 Å². The zero-order valence-corrected chi connectivity index (χ0v) is 20.3. The molecule has 1 amide bonds. The monoisotopic (exact) mass is 484 g/mol. The molecule has 0 atom stereocenters. The first-order chi connectivity index (χ1) is 15.9. The molecule has 2 heterocycles. The molecule has 3 aromatic rings. The number of aryl methyl sites for hydroxylation is 1. The van der Waals surface area contributed by atoms with Crippen molar-refractivity contribution in [3.05, 3.63) is 87.6 Å². The quantitative estimate of drug-likeness (QED) is 0.485. The first kappa shape index (κ1) is 23.6. The van der Waals surface area contributed by atoms with Gasteiger partial charge in [-0.05, 0) is 49.2 Å². The number of ether oxygens (including phenoxy) is 1. The number of hydrogen-bond donors (Lipinski definition) is 0. The van der Waals surface area contributed by atoms with Crippen molar-refractivity contribution in [1.29, 1.82) is 0 Å². The summed E-state index contributed by atoms with van der Waals surface area (Å²) >= 11 is 1.67. The first-order valence-corrected chi connectivity index (χ1v) is 13.3. The molecule has 6 nitrogen and oxygen atoms in total. The van der Waals surface area contributed by atoms with Crippen LogP contribution in [0.5, 0.6) is 0 Å². The molecule has 1 saturated heterocycles. The fourth-order valence-corrected chi connectivity index (χ4v) is 6.19. The van der Waals surface area contributed by atoms with E-state index in [1.54, 1.807) is 34.4 Å². The molecular weight excluding hydrogens is 456 g/mol. The lowest BCUT2D eigenvalue weighted by Gasteiger charge is -2.26. The molecule has 1 aliphatic heterocycles. The van der Waals surface area contributed by atoms with Crippen LogP contribution in [0.15, 0.2) is 71.6 Å². The highest BCUT2D eigenvalue weighted by atomic mass is 32.2. The minimum absolute atomic E-state index is 0.144. The number of amides is 1. The summed E-state index contributed by atoms with van der Waals surface area (Å²) in [6, 6.07) is 20.5. The molecule has 0 radical (unpaired) electrons. The van der Waals surface area contributed by atoms with Gasteiger partial charge in [0.25, 0.3) is 5.91 Å². The number of nitrogens with zero attached hydrogens (tertiary/aromatic N) is 2. The van der Waals surface area contributed by atoms with Crippen molar-refractivity contribution in [2.45, 2.75) is 24.8 Å². The van der Waals surface area contributed by atoms with Gasteiger partial charge >= 0.3 is 0 Å². The molecule has 2 aromatic carbocycles. The van der Waals surface area contributed by atoms with Gasteiger partial charge in [0.1, 0.15) is 0 Å². The zero-order valence-electron chi connectivity index (χ0n) is 18.6. The molecule has 0 unspecified atom stereocenters. The summed E-state index contributed by atoms with van der Waals surface area (Å²) < 4.78 is 32.9. The van der Waals surface area contributed by atoms with Crippen molar-refractivity contribution in [3.8, 4) is 0 Å². The Hall–Kier alpha value is -2.52. The number of sulfonamides is 1. The summed E-state index contributed by atoms with van der Waals surface area (Å²) in [5.41, 5.74) is 1.53. The molecule has 4 rings (SSSR count). The first-order valence-electron chi connectivity index (χ1n) is 11.0. The second-order valence-electron chi connectivity index (χ2n) is 8.02. The van der Waals surface area contributed by atoms with E-state index in [2.05, 4.69) is 6.07 Å². The van der Waals surface area contributed by atoms with Crippen molar-refractivity contribution >= 4 is 27.3 Å². The lowest BCUT2D eigenvalue weighted by molar-refractivity contribution is 0.0729. The molecule has 1 fully saturated rings. The second kappa shape index (κ2) is 10.6. The highest BCUT2D eigenvalue weighted by Gasteiger charge is 2.27. The lowest BCUT2D eigenvalue weighted by atomic mass is 10.1. The highest BCUT2D eigenvalue weighted by Crippen LogP contribution is 2.22. The van der Waals surface area contributed by atoms with Gasteiger partial charge in [0.2, 0.25) is 10.0 Å². The van der Waals surface area contributed by atoms with E-state index in [-0.39, 0.29) is 10.8 Å². The Morgan fingerprint density at radius 1 is 1.03 bits per heavy atom. The fourth-order valence-electron chi connectivity index (χ4n) is 3.83. The van der Waals surface area contributed by atoms with E-state index in [9.17, 15) is 13.2 Å². The SMILES string of the molecule is Cc1ccc(CN(CCc2ccccc2)C(=O)c2cccc(S(=O)(=O)N3CCOCC3)c2)s1. The topological polar surface area (TPSA) is 66.9 Å². The Morgan fingerprint density at radius 3 is 2.48 bits per heavy atom. The summed E-state index contributed by atoms with van der Waals surface area (Å²) in [7, 11) is -3.67. The molecular formula is C25H28N2O4S2. The van der Waals surface area contributed by atoms with Crippen molar-refractivity contribution in [2.75, 3.05) is 32.8 Å². The van der Waals surface area contributed by atoms with Gasteiger partial charge in [-0.2, -0.15) is 4.31 Å². The Labute approximate surface area is 199 Å². The Bertz CT molecular complexity index is 1190. The summed E-state index contributed by atoms with van der Waals surface area (Å²) in [6.07, 6.45) is 0.725. The van der Waals surface area contributed by atoms with Crippen LogP contribution < -0.4 is 0 Å². The summed E-state index contributed by atoms with van der Waals surface area (Å²) in [6.45, 7) is 4.48. The third kappa shape index (κ3) is 5.89. The molecule has 1 aliphatic rings. The second-order valence-corrected chi connectivity index (χ2v) is 11.3. The summed E-state index contributed by atoms with van der Waals surface area (Å²) in [5, 5.41) is 0. The summed E-state index contributed by atoms with van der Waals surface area (Å²) in [5.74, 6) is -0.170. The van der Waals surface area contributed by atoms with E-state index in [0.717, 1.165) is 16.9 Å². The average molecular weight is 485 g/mol.